The van der Waals surface area contributed by atoms with E-state index < -0.39 is 10.0 Å². The third kappa shape index (κ3) is 3.38. The van der Waals surface area contributed by atoms with Gasteiger partial charge in [0, 0.05) is 49.5 Å². The van der Waals surface area contributed by atoms with E-state index in [9.17, 15) is 8.42 Å². The number of piperazine rings is 1. The summed E-state index contributed by atoms with van der Waals surface area (Å²) < 4.78 is 27.6. The molecule has 0 unspecified atom stereocenters. The number of benzene rings is 1. The van der Waals surface area contributed by atoms with E-state index in [4.69, 9.17) is 0 Å². The number of hydrogen-bond donors (Lipinski definition) is 1. The van der Waals surface area contributed by atoms with Crippen LogP contribution >= 0.6 is 0 Å². The lowest BCUT2D eigenvalue weighted by molar-refractivity contribution is 0.222. The Hall–Kier alpha value is -2.22. The second-order valence-corrected chi connectivity index (χ2v) is 8.96. The van der Waals surface area contributed by atoms with E-state index in [0.29, 0.717) is 18.0 Å². The fraction of sp³-hybridized carbons (Fsp3) is 0.350. The van der Waals surface area contributed by atoms with Crippen LogP contribution in [-0.4, -0.2) is 60.8 Å². The number of aromatic amines is 1. The molecule has 1 aliphatic heterocycles. The molecule has 0 aliphatic carbocycles. The lowest BCUT2D eigenvalue weighted by atomic mass is 10.1. The largest absolute Gasteiger partial charge is 0.346 e. The second kappa shape index (κ2) is 7.07. The van der Waals surface area contributed by atoms with Gasteiger partial charge in [-0.05, 0) is 42.8 Å². The number of aryl methyl sites for hydroxylation is 1. The highest BCUT2D eigenvalue weighted by atomic mass is 32.2. The van der Waals surface area contributed by atoms with Crippen molar-refractivity contribution in [3.8, 4) is 11.1 Å². The summed E-state index contributed by atoms with van der Waals surface area (Å²) in [6.45, 7) is 4.68. The van der Waals surface area contributed by atoms with Gasteiger partial charge in [-0.25, -0.2) is 13.4 Å². The summed E-state index contributed by atoms with van der Waals surface area (Å²) in [4.78, 5) is 10.2. The summed E-state index contributed by atoms with van der Waals surface area (Å²) >= 11 is 0. The van der Waals surface area contributed by atoms with Crippen molar-refractivity contribution >= 4 is 21.1 Å². The summed E-state index contributed by atoms with van der Waals surface area (Å²) in [6, 6.07) is 9.26. The first-order valence-corrected chi connectivity index (χ1v) is 10.7. The molecule has 0 radical (unpaired) electrons. The Bertz CT molecular complexity index is 1070. The molecule has 2 aromatic heterocycles. The zero-order valence-electron chi connectivity index (χ0n) is 15.6. The predicted molar refractivity (Wildman–Crippen MR) is 107 cm³/mol. The van der Waals surface area contributed by atoms with Crippen molar-refractivity contribution in [3.05, 3.63) is 48.3 Å². The number of nitrogens with one attached hydrogen (secondary N) is 1. The van der Waals surface area contributed by atoms with E-state index in [2.05, 4.69) is 27.9 Å². The molecule has 7 heteroatoms. The number of nitrogens with zero attached hydrogens (tertiary/aromatic N) is 3. The molecule has 0 amide bonds. The van der Waals surface area contributed by atoms with Gasteiger partial charge in [0.15, 0.2) is 0 Å². The first kappa shape index (κ1) is 18.2. The highest BCUT2D eigenvalue weighted by Crippen LogP contribution is 2.28. The van der Waals surface area contributed by atoms with Crippen LogP contribution in [0.3, 0.4) is 0 Å². The summed E-state index contributed by atoms with van der Waals surface area (Å²) in [5.41, 5.74) is 3.85. The number of hydrogen-bond acceptors (Lipinski definition) is 4. The molecule has 1 aromatic carbocycles. The minimum absolute atomic E-state index is 0.342. The molecule has 1 fully saturated rings. The van der Waals surface area contributed by atoms with Crippen molar-refractivity contribution in [2.24, 2.45) is 0 Å². The van der Waals surface area contributed by atoms with Crippen molar-refractivity contribution in [2.45, 2.75) is 18.2 Å². The lowest BCUT2D eigenvalue weighted by Gasteiger charge is -2.31. The van der Waals surface area contributed by atoms with E-state index in [0.717, 1.165) is 41.7 Å². The molecular weight excluding hydrogens is 360 g/mol. The number of pyridine rings is 1. The van der Waals surface area contributed by atoms with Gasteiger partial charge in [-0.15, -0.1) is 0 Å². The molecule has 0 atom stereocenters. The lowest BCUT2D eigenvalue weighted by Crippen LogP contribution is -2.47. The first-order valence-electron chi connectivity index (χ1n) is 9.24. The van der Waals surface area contributed by atoms with E-state index >= 15 is 0 Å². The Morgan fingerprint density at radius 3 is 2.63 bits per heavy atom. The van der Waals surface area contributed by atoms with Gasteiger partial charge in [-0.2, -0.15) is 4.31 Å². The smallest absolute Gasteiger partial charge is 0.243 e. The van der Waals surface area contributed by atoms with Crippen LogP contribution in [0.15, 0.2) is 47.6 Å². The number of likely N-dealkylation sites (N-methyl/N-ethyl adjacent to an activating group) is 1. The Morgan fingerprint density at radius 2 is 1.89 bits per heavy atom. The van der Waals surface area contributed by atoms with Gasteiger partial charge >= 0.3 is 0 Å². The normalized spacial score (nSPS) is 16.8. The summed E-state index contributed by atoms with van der Waals surface area (Å²) in [7, 11) is -1.47. The van der Waals surface area contributed by atoms with Crippen LogP contribution in [0.4, 0.5) is 0 Å². The molecule has 0 spiro atoms. The number of rotatable bonds is 4. The van der Waals surface area contributed by atoms with Crippen molar-refractivity contribution in [3.63, 3.8) is 0 Å². The fourth-order valence-electron chi connectivity index (χ4n) is 3.52. The van der Waals surface area contributed by atoms with E-state index in [1.54, 1.807) is 28.7 Å². The molecule has 27 heavy (non-hydrogen) atoms. The van der Waals surface area contributed by atoms with Crippen LogP contribution in [0.25, 0.3) is 22.2 Å². The molecule has 1 saturated heterocycles. The summed E-state index contributed by atoms with van der Waals surface area (Å²) in [6.07, 6.45) is 4.69. The van der Waals surface area contributed by atoms with Crippen LogP contribution < -0.4 is 0 Å². The molecular formula is C20H24N4O2S. The molecule has 6 nitrogen and oxygen atoms in total. The highest BCUT2D eigenvalue weighted by molar-refractivity contribution is 7.89. The Morgan fingerprint density at radius 1 is 1.11 bits per heavy atom. The van der Waals surface area contributed by atoms with Crippen LogP contribution in [0, 0.1) is 0 Å². The van der Waals surface area contributed by atoms with Crippen LogP contribution in [-0.2, 0) is 16.4 Å². The third-order valence-electron chi connectivity index (χ3n) is 5.27. The van der Waals surface area contributed by atoms with Crippen molar-refractivity contribution in [2.75, 3.05) is 33.2 Å². The highest BCUT2D eigenvalue weighted by Gasteiger charge is 2.27. The topological polar surface area (TPSA) is 69.3 Å². The standard InChI is InChI=1S/C20H24N4O2S/c1-3-15-13-21-20-19(15)12-17(14-22-20)16-5-4-6-18(11-16)27(25,26)24-9-7-23(2)8-10-24/h4-6,11-14H,3,7-10H2,1-2H3,(H,21,22). The predicted octanol–water partition coefficient (Wildman–Crippen LogP) is 2.73. The van der Waals surface area contributed by atoms with E-state index in [1.807, 2.05) is 19.3 Å². The van der Waals surface area contributed by atoms with Crippen molar-refractivity contribution in [1.82, 2.24) is 19.2 Å². The summed E-state index contributed by atoms with van der Waals surface area (Å²) in [5, 5.41) is 1.09. The van der Waals surface area contributed by atoms with Gasteiger partial charge in [0.05, 0.1) is 4.90 Å². The zero-order valence-corrected chi connectivity index (χ0v) is 16.5. The van der Waals surface area contributed by atoms with Gasteiger partial charge in [0.2, 0.25) is 10.0 Å². The van der Waals surface area contributed by atoms with Crippen LogP contribution in [0.1, 0.15) is 12.5 Å². The monoisotopic (exact) mass is 384 g/mol. The first-order chi connectivity index (χ1) is 13.0. The SMILES string of the molecule is CCc1c[nH]c2ncc(-c3cccc(S(=O)(=O)N4CCN(C)CC4)c3)cc12. The maximum Gasteiger partial charge on any atom is 0.243 e. The van der Waals surface area contributed by atoms with Crippen LogP contribution in [0.2, 0.25) is 0 Å². The zero-order chi connectivity index (χ0) is 19.0. The van der Waals surface area contributed by atoms with Gasteiger partial charge in [0.1, 0.15) is 5.65 Å². The molecule has 4 rings (SSSR count). The molecule has 3 heterocycles. The minimum atomic E-state index is -3.48. The minimum Gasteiger partial charge on any atom is -0.346 e. The molecule has 142 valence electrons. The third-order valence-corrected chi connectivity index (χ3v) is 7.16. The van der Waals surface area contributed by atoms with Crippen molar-refractivity contribution in [1.29, 1.82) is 0 Å². The average Bonchev–Trinajstić information content (AvgIpc) is 3.11. The van der Waals surface area contributed by atoms with Crippen LogP contribution in [0.5, 0.6) is 0 Å². The Kier molecular flexibility index (Phi) is 4.75. The number of H-pyrrole nitrogens is 1. The van der Waals surface area contributed by atoms with Crippen molar-refractivity contribution < 1.29 is 8.42 Å². The molecule has 1 aliphatic rings. The number of fused-ring (bicyclic) bond motifs is 1. The maximum absolute atomic E-state index is 13.0. The average molecular weight is 385 g/mol. The Balaban J connectivity index is 1.70. The number of aromatic nitrogens is 2. The van der Waals surface area contributed by atoms with Gasteiger partial charge in [-0.3, -0.25) is 0 Å². The second-order valence-electron chi connectivity index (χ2n) is 7.02. The molecule has 0 saturated carbocycles. The quantitative estimate of drug-likeness (QED) is 0.751. The molecule has 1 N–H and O–H groups in total. The number of sulfonamides is 1. The molecule has 3 aromatic rings. The van der Waals surface area contributed by atoms with Gasteiger partial charge in [0.25, 0.3) is 0 Å². The molecule has 0 bridgehead atoms. The summed E-state index contributed by atoms with van der Waals surface area (Å²) in [5.74, 6) is 0. The Labute approximate surface area is 159 Å². The van der Waals surface area contributed by atoms with Gasteiger partial charge in [-0.1, -0.05) is 19.1 Å². The maximum atomic E-state index is 13.0. The van der Waals surface area contributed by atoms with Gasteiger partial charge < -0.3 is 9.88 Å². The van der Waals surface area contributed by atoms with E-state index in [-0.39, 0.29) is 0 Å². The van der Waals surface area contributed by atoms with E-state index in [1.165, 1.54) is 5.56 Å². The fourth-order valence-corrected chi connectivity index (χ4v) is 4.99.